The number of rotatable bonds is 4. The summed E-state index contributed by atoms with van der Waals surface area (Å²) in [7, 11) is -3.16. The van der Waals surface area contributed by atoms with Gasteiger partial charge in [-0.3, -0.25) is 0 Å². The Morgan fingerprint density at radius 1 is 1.70 bits per heavy atom. The lowest BCUT2D eigenvalue weighted by Gasteiger charge is -2.16. The standard InChI is InChI=1S/C3H9BrNO3PS/c1-2-3-5(10-4)9(6,7)8/h2-3H2,1H3,(H2,6,7,8). The maximum Gasteiger partial charge on any atom is 0.413 e. The first-order valence-electron chi connectivity index (χ1n) is 2.64. The topological polar surface area (TPSA) is 60.8 Å². The van der Waals surface area contributed by atoms with Gasteiger partial charge in [0.2, 0.25) is 0 Å². The molecule has 0 unspecified atom stereocenters. The van der Waals surface area contributed by atoms with E-state index >= 15 is 0 Å². The second-order valence-corrected chi connectivity index (χ2v) is 4.89. The Hall–Kier alpha value is 0.940. The van der Waals surface area contributed by atoms with E-state index in [1.165, 1.54) is 0 Å². The minimum absolute atomic E-state index is 0.375. The van der Waals surface area contributed by atoms with Crippen molar-refractivity contribution >= 4 is 32.9 Å². The van der Waals surface area contributed by atoms with Crippen LogP contribution in [0.4, 0.5) is 0 Å². The first-order valence-corrected chi connectivity index (χ1v) is 6.82. The summed E-state index contributed by atoms with van der Waals surface area (Å²) in [5, 5.41) is 0. The van der Waals surface area contributed by atoms with Gasteiger partial charge in [0.1, 0.15) is 0 Å². The predicted molar refractivity (Wildman–Crippen MR) is 45.6 cm³/mol. The molecule has 0 heterocycles. The highest BCUT2D eigenvalue weighted by atomic mass is 79.9. The van der Waals surface area contributed by atoms with E-state index in [9.17, 15) is 4.57 Å². The molecule has 2 N–H and O–H groups in total. The van der Waals surface area contributed by atoms with Crippen molar-refractivity contribution in [2.75, 3.05) is 6.54 Å². The molecule has 0 saturated carbocycles. The highest BCUT2D eigenvalue weighted by molar-refractivity contribution is 9.49. The van der Waals surface area contributed by atoms with Crippen molar-refractivity contribution in [3.63, 3.8) is 0 Å². The van der Waals surface area contributed by atoms with E-state index in [0.717, 1.165) is 14.5 Å². The summed E-state index contributed by atoms with van der Waals surface area (Å²) in [6.45, 7) is 2.23. The predicted octanol–water partition coefficient (Wildman–Crippen LogP) is 1.75. The van der Waals surface area contributed by atoms with Crippen LogP contribution in [0.1, 0.15) is 13.3 Å². The largest absolute Gasteiger partial charge is 0.413 e. The zero-order valence-electron chi connectivity index (χ0n) is 5.40. The summed E-state index contributed by atoms with van der Waals surface area (Å²) in [6.07, 6.45) is 0.712. The molecule has 0 aromatic heterocycles. The first-order chi connectivity index (χ1) is 4.52. The highest BCUT2D eigenvalue weighted by Gasteiger charge is 2.23. The Bertz CT molecular complexity index is 140. The van der Waals surface area contributed by atoms with E-state index in [4.69, 9.17) is 9.79 Å². The van der Waals surface area contributed by atoms with Crippen LogP contribution in [0.3, 0.4) is 0 Å². The molecule has 10 heavy (non-hydrogen) atoms. The van der Waals surface area contributed by atoms with Gasteiger partial charge in [-0.05, 0) is 6.42 Å². The average Bonchev–Trinajstić information content (AvgIpc) is 1.80. The van der Waals surface area contributed by atoms with Crippen LogP contribution in [-0.4, -0.2) is 20.4 Å². The SMILES string of the molecule is CCCN(SBr)P(=O)(O)O. The molecule has 0 saturated heterocycles. The molecule has 62 valence electrons. The van der Waals surface area contributed by atoms with Crippen molar-refractivity contribution in [1.82, 2.24) is 4.08 Å². The number of halogens is 1. The lowest BCUT2D eigenvalue weighted by atomic mass is 10.5. The molecule has 0 aromatic rings. The molecule has 0 amide bonds. The van der Waals surface area contributed by atoms with Crippen LogP contribution in [-0.2, 0) is 4.57 Å². The maximum absolute atomic E-state index is 10.5. The lowest BCUT2D eigenvalue weighted by molar-refractivity contribution is 0.327. The van der Waals surface area contributed by atoms with Crippen LogP contribution in [0, 0.1) is 0 Å². The summed E-state index contributed by atoms with van der Waals surface area (Å²) >= 11 is 2.90. The molecular formula is C3H9BrNO3PS. The summed E-state index contributed by atoms with van der Waals surface area (Å²) < 4.78 is 11.5. The van der Waals surface area contributed by atoms with Gasteiger partial charge in [0.25, 0.3) is 0 Å². The van der Waals surface area contributed by atoms with Crippen LogP contribution in [0.2, 0.25) is 0 Å². The molecule has 0 atom stereocenters. The Balaban J connectivity index is 3.94. The second-order valence-electron chi connectivity index (χ2n) is 1.66. The second kappa shape index (κ2) is 4.74. The average molecular weight is 250 g/mol. The van der Waals surface area contributed by atoms with Crippen molar-refractivity contribution in [3.05, 3.63) is 0 Å². The van der Waals surface area contributed by atoms with Gasteiger partial charge in [-0.2, -0.15) is 0 Å². The third kappa shape index (κ3) is 3.95. The van der Waals surface area contributed by atoms with E-state index in [-0.39, 0.29) is 0 Å². The van der Waals surface area contributed by atoms with Gasteiger partial charge in [-0.1, -0.05) is 6.92 Å². The Labute approximate surface area is 71.5 Å². The first kappa shape index (κ1) is 10.9. The molecule has 0 aliphatic carbocycles. The van der Waals surface area contributed by atoms with Gasteiger partial charge < -0.3 is 9.79 Å². The molecule has 4 nitrogen and oxygen atoms in total. The van der Waals surface area contributed by atoms with Gasteiger partial charge in [0.05, 0.1) is 0 Å². The summed E-state index contributed by atoms with van der Waals surface area (Å²) in [6, 6.07) is 0. The molecule has 0 spiro atoms. The summed E-state index contributed by atoms with van der Waals surface area (Å²) in [5.41, 5.74) is 0. The van der Waals surface area contributed by atoms with Gasteiger partial charge in [-0.25, -0.2) is 4.57 Å². The van der Waals surface area contributed by atoms with E-state index in [1.807, 2.05) is 6.92 Å². The Morgan fingerprint density at radius 2 is 2.20 bits per heavy atom. The normalized spacial score (nSPS) is 12.5. The fourth-order valence-corrected chi connectivity index (χ4v) is 3.38. The third-order valence-electron chi connectivity index (χ3n) is 0.785. The Kier molecular flexibility index (Phi) is 5.19. The van der Waals surface area contributed by atoms with Crippen molar-refractivity contribution in [3.8, 4) is 0 Å². The van der Waals surface area contributed by atoms with Gasteiger partial charge in [0, 0.05) is 31.7 Å². The molecule has 7 heteroatoms. The molecule has 0 radical (unpaired) electrons. The van der Waals surface area contributed by atoms with Crippen LogP contribution in [0.15, 0.2) is 0 Å². The maximum atomic E-state index is 10.5. The van der Waals surface area contributed by atoms with Crippen molar-refractivity contribution in [2.24, 2.45) is 0 Å². The van der Waals surface area contributed by atoms with Crippen LogP contribution in [0.5, 0.6) is 0 Å². The Morgan fingerprint density at radius 3 is 2.30 bits per heavy atom. The number of hydrogen-bond donors (Lipinski definition) is 2. The van der Waals surface area contributed by atoms with Gasteiger partial charge >= 0.3 is 7.75 Å². The molecule has 0 rings (SSSR count). The van der Waals surface area contributed by atoms with Crippen LogP contribution >= 0.6 is 32.9 Å². The molecule has 0 bridgehead atoms. The van der Waals surface area contributed by atoms with Crippen molar-refractivity contribution in [1.29, 1.82) is 0 Å². The zero-order valence-corrected chi connectivity index (χ0v) is 8.69. The van der Waals surface area contributed by atoms with E-state index < -0.39 is 7.75 Å². The lowest BCUT2D eigenvalue weighted by Crippen LogP contribution is -2.10. The van der Waals surface area contributed by atoms with Crippen LogP contribution < -0.4 is 0 Å². The quantitative estimate of drug-likeness (QED) is 0.588. The fraction of sp³-hybridized carbons (Fsp3) is 1.00. The molecule has 0 aliphatic rings. The molecular weight excluding hydrogens is 241 g/mol. The smallest absolute Gasteiger partial charge is 0.312 e. The third-order valence-corrected chi connectivity index (χ3v) is 4.51. The van der Waals surface area contributed by atoms with Gasteiger partial charge in [-0.15, -0.1) is 4.08 Å². The van der Waals surface area contributed by atoms with Crippen molar-refractivity contribution < 1.29 is 14.4 Å². The summed E-state index contributed by atoms with van der Waals surface area (Å²) in [4.78, 5) is 17.2. The fourth-order valence-electron chi connectivity index (χ4n) is 0.396. The molecule has 0 aromatic carbocycles. The highest BCUT2D eigenvalue weighted by Crippen LogP contribution is 2.47. The number of nitrogens with zero attached hydrogens (tertiary/aromatic N) is 1. The van der Waals surface area contributed by atoms with E-state index in [0.29, 0.717) is 13.0 Å². The van der Waals surface area contributed by atoms with E-state index in [2.05, 4.69) is 14.8 Å². The summed E-state index contributed by atoms with van der Waals surface area (Å²) in [5.74, 6) is 0. The minimum Gasteiger partial charge on any atom is -0.312 e. The molecule has 0 aliphatic heterocycles. The van der Waals surface area contributed by atoms with Gasteiger partial charge in [0.15, 0.2) is 0 Å². The monoisotopic (exact) mass is 249 g/mol. The van der Waals surface area contributed by atoms with E-state index in [1.54, 1.807) is 0 Å². The zero-order chi connectivity index (χ0) is 8.20. The van der Waals surface area contributed by atoms with Crippen LogP contribution in [0.25, 0.3) is 0 Å². The molecule has 0 fully saturated rings. The minimum atomic E-state index is -4.04. The number of hydrogen-bond acceptors (Lipinski definition) is 2. The van der Waals surface area contributed by atoms with Crippen molar-refractivity contribution in [2.45, 2.75) is 13.3 Å².